The van der Waals surface area contributed by atoms with Gasteiger partial charge in [-0.05, 0) is 75.9 Å². The van der Waals surface area contributed by atoms with E-state index in [9.17, 15) is 10.1 Å². The zero-order chi connectivity index (χ0) is 26.9. The molecule has 0 bridgehead atoms. The van der Waals surface area contributed by atoms with Gasteiger partial charge in [0.25, 0.3) is 0 Å². The van der Waals surface area contributed by atoms with Gasteiger partial charge in [-0.25, -0.2) is 0 Å². The minimum absolute atomic E-state index is 0.0506. The third kappa shape index (κ3) is 5.27. The van der Waals surface area contributed by atoms with E-state index in [1.165, 1.54) is 0 Å². The van der Waals surface area contributed by atoms with Crippen LogP contribution >= 0.6 is 0 Å². The number of carbonyl (C=O) groups is 1. The number of carbonyl (C=O) groups excluding carboxylic acids is 1. The van der Waals surface area contributed by atoms with Crippen molar-refractivity contribution in [1.29, 1.82) is 5.26 Å². The van der Waals surface area contributed by atoms with E-state index < -0.39 is 0 Å². The smallest absolute Gasteiger partial charge is 0.246 e. The number of fused-ring (bicyclic) bond motifs is 1. The van der Waals surface area contributed by atoms with E-state index in [1.807, 2.05) is 36.4 Å². The summed E-state index contributed by atoms with van der Waals surface area (Å²) in [7, 11) is 0. The number of rotatable bonds is 7. The lowest BCUT2D eigenvalue weighted by molar-refractivity contribution is -0.130. The quantitative estimate of drug-likeness (QED) is 0.406. The third-order valence-corrected chi connectivity index (χ3v) is 7.74. The second-order valence-corrected chi connectivity index (χ2v) is 11.3. The molecular formula is C31H36N6O. The van der Waals surface area contributed by atoms with E-state index in [4.69, 9.17) is 5.10 Å². The Morgan fingerprint density at radius 3 is 2.61 bits per heavy atom. The van der Waals surface area contributed by atoms with Crippen LogP contribution < -0.4 is 0 Å². The first-order valence-corrected chi connectivity index (χ1v) is 13.5. The summed E-state index contributed by atoms with van der Waals surface area (Å²) in [5.41, 5.74) is 5.43. The Morgan fingerprint density at radius 2 is 1.95 bits per heavy atom. The van der Waals surface area contributed by atoms with Gasteiger partial charge in [0.2, 0.25) is 5.91 Å². The highest BCUT2D eigenvalue weighted by molar-refractivity contribution is 5.89. The predicted molar refractivity (Wildman–Crippen MR) is 149 cm³/mol. The van der Waals surface area contributed by atoms with Crippen LogP contribution in [0.4, 0.5) is 0 Å². The first-order chi connectivity index (χ1) is 18.3. The molecule has 3 aromatic rings. The Hall–Kier alpha value is -3.76. The minimum atomic E-state index is 0.0506. The maximum Gasteiger partial charge on any atom is 0.246 e. The van der Waals surface area contributed by atoms with Crippen LogP contribution in [0.1, 0.15) is 51.8 Å². The van der Waals surface area contributed by atoms with E-state index in [2.05, 4.69) is 53.2 Å². The summed E-state index contributed by atoms with van der Waals surface area (Å²) in [6.07, 6.45) is 9.64. The second-order valence-electron chi connectivity index (χ2n) is 11.3. The van der Waals surface area contributed by atoms with E-state index in [1.54, 1.807) is 24.5 Å². The van der Waals surface area contributed by atoms with Gasteiger partial charge in [-0.2, -0.15) is 10.4 Å². The fourth-order valence-electron chi connectivity index (χ4n) is 5.50. The fourth-order valence-corrected chi connectivity index (χ4v) is 5.50. The highest BCUT2D eigenvalue weighted by Gasteiger charge is 2.41. The molecule has 1 aromatic carbocycles. The molecule has 196 valence electrons. The molecule has 1 fully saturated rings. The van der Waals surface area contributed by atoms with Crippen molar-refractivity contribution in [2.45, 2.75) is 65.2 Å². The molecular weight excluding hydrogens is 472 g/mol. The largest absolute Gasteiger partial charge is 0.328 e. The Balaban J connectivity index is 1.51. The van der Waals surface area contributed by atoms with Crippen LogP contribution in [0, 0.1) is 17.2 Å². The van der Waals surface area contributed by atoms with Gasteiger partial charge in [0, 0.05) is 41.7 Å². The van der Waals surface area contributed by atoms with Crippen molar-refractivity contribution < 1.29 is 4.79 Å². The molecule has 1 aliphatic carbocycles. The van der Waals surface area contributed by atoms with Crippen molar-refractivity contribution in [3.63, 3.8) is 0 Å². The van der Waals surface area contributed by atoms with Gasteiger partial charge < -0.3 is 4.90 Å². The number of pyridine rings is 1. The molecule has 0 saturated heterocycles. The molecule has 0 spiro atoms. The number of nitriles is 1. The molecule has 3 heterocycles. The molecule has 5 rings (SSSR count). The number of benzene rings is 1. The monoisotopic (exact) mass is 508 g/mol. The van der Waals surface area contributed by atoms with Crippen LogP contribution in [0.25, 0.3) is 22.4 Å². The van der Waals surface area contributed by atoms with E-state index in [0.29, 0.717) is 24.6 Å². The number of hydrogen-bond donors (Lipinski definition) is 0. The molecule has 38 heavy (non-hydrogen) atoms. The zero-order valence-corrected chi connectivity index (χ0v) is 22.8. The van der Waals surface area contributed by atoms with Crippen LogP contribution in [0.3, 0.4) is 0 Å². The number of amides is 1. The van der Waals surface area contributed by atoms with Crippen molar-refractivity contribution in [1.82, 2.24) is 24.6 Å². The lowest BCUT2D eigenvalue weighted by Crippen LogP contribution is -2.47. The van der Waals surface area contributed by atoms with Crippen LogP contribution in [0.15, 0.2) is 60.9 Å². The lowest BCUT2D eigenvalue weighted by atomic mass is 9.97. The Labute approximate surface area is 225 Å². The standard InChI is InChI=1S/C31H36N6O/c1-5-35(31(2,3)4)17-7-10-28(38)36-20-27-29(24-13-15-33-16-14-24)30(25-9-6-8-22(18-25)19-32)34-37(27)21-26(36)23-11-12-23/h6-10,13-16,18,23,26H,5,11-12,17,20-21H2,1-4H3/b10-7+/t26-/m1/s1. The molecule has 1 aliphatic heterocycles. The Kier molecular flexibility index (Phi) is 7.18. The summed E-state index contributed by atoms with van der Waals surface area (Å²) in [5, 5.41) is 14.6. The first kappa shape index (κ1) is 25.9. The predicted octanol–water partition coefficient (Wildman–Crippen LogP) is 5.28. The van der Waals surface area contributed by atoms with Gasteiger partial charge >= 0.3 is 0 Å². The highest BCUT2D eigenvalue weighted by Crippen LogP contribution is 2.42. The van der Waals surface area contributed by atoms with Crippen molar-refractivity contribution in [3.05, 3.63) is 72.2 Å². The topological polar surface area (TPSA) is 78.1 Å². The average Bonchev–Trinajstić information content (AvgIpc) is 3.70. The van der Waals surface area contributed by atoms with E-state index in [-0.39, 0.29) is 17.5 Å². The van der Waals surface area contributed by atoms with E-state index >= 15 is 0 Å². The summed E-state index contributed by atoms with van der Waals surface area (Å²) < 4.78 is 2.10. The number of likely N-dealkylation sites (N-methyl/N-ethyl adjacent to an activating group) is 1. The zero-order valence-electron chi connectivity index (χ0n) is 22.8. The van der Waals surface area contributed by atoms with Gasteiger partial charge in [0.05, 0.1) is 36.5 Å². The molecule has 1 atom stereocenters. The number of nitrogens with zero attached hydrogens (tertiary/aromatic N) is 6. The van der Waals surface area contributed by atoms with Crippen molar-refractivity contribution in [3.8, 4) is 28.5 Å². The molecule has 0 N–H and O–H groups in total. The highest BCUT2D eigenvalue weighted by atomic mass is 16.2. The molecule has 0 unspecified atom stereocenters. The molecule has 2 aliphatic rings. The molecule has 1 amide bonds. The van der Waals surface area contributed by atoms with Crippen LogP contribution in [-0.4, -0.2) is 55.1 Å². The second kappa shape index (κ2) is 10.5. The molecule has 2 aromatic heterocycles. The van der Waals surface area contributed by atoms with Crippen LogP contribution in [0.5, 0.6) is 0 Å². The number of hydrogen-bond acceptors (Lipinski definition) is 5. The lowest BCUT2D eigenvalue weighted by Gasteiger charge is -2.36. The van der Waals surface area contributed by atoms with Crippen molar-refractivity contribution in [2.24, 2.45) is 5.92 Å². The average molecular weight is 509 g/mol. The summed E-state index contributed by atoms with van der Waals surface area (Å²) in [6, 6.07) is 13.9. The molecule has 1 saturated carbocycles. The van der Waals surface area contributed by atoms with Crippen molar-refractivity contribution >= 4 is 5.91 Å². The Morgan fingerprint density at radius 1 is 1.18 bits per heavy atom. The maximum absolute atomic E-state index is 13.6. The van der Waals surface area contributed by atoms with Gasteiger partial charge in [0.15, 0.2) is 0 Å². The minimum Gasteiger partial charge on any atom is -0.328 e. The van der Waals surface area contributed by atoms with Crippen molar-refractivity contribution in [2.75, 3.05) is 13.1 Å². The van der Waals surface area contributed by atoms with Gasteiger partial charge in [0.1, 0.15) is 5.69 Å². The molecule has 7 nitrogen and oxygen atoms in total. The third-order valence-electron chi connectivity index (χ3n) is 7.74. The SMILES string of the molecule is CCN(C/C=C/C(=O)N1Cc2c(-c3ccncc3)c(-c3cccc(C#N)c3)nn2C[C@@H]1C1CC1)C(C)(C)C. The van der Waals surface area contributed by atoms with Crippen LogP contribution in [0.2, 0.25) is 0 Å². The summed E-state index contributed by atoms with van der Waals surface area (Å²) in [5.74, 6) is 0.578. The van der Waals surface area contributed by atoms with Gasteiger partial charge in [-0.15, -0.1) is 0 Å². The van der Waals surface area contributed by atoms with Gasteiger partial charge in [-0.1, -0.05) is 25.1 Å². The van der Waals surface area contributed by atoms with Gasteiger partial charge in [-0.3, -0.25) is 19.4 Å². The summed E-state index contributed by atoms with van der Waals surface area (Å²) >= 11 is 0. The van der Waals surface area contributed by atoms with E-state index in [0.717, 1.165) is 54.0 Å². The molecule has 0 radical (unpaired) electrons. The maximum atomic E-state index is 13.6. The Bertz CT molecular complexity index is 1370. The van der Waals surface area contributed by atoms with Crippen LogP contribution in [-0.2, 0) is 17.9 Å². The number of aromatic nitrogens is 3. The fraction of sp³-hybridized carbons (Fsp3) is 0.419. The first-order valence-electron chi connectivity index (χ1n) is 13.5. The normalized spacial score (nSPS) is 17.6. The summed E-state index contributed by atoms with van der Waals surface area (Å²) in [4.78, 5) is 22.2. The molecule has 7 heteroatoms. The summed E-state index contributed by atoms with van der Waals surface area (Å²) in [6.45, 7) is 11.6.